The zero-order valence-electron chi connectivity index (χ0n) is 10.5. The molecule has 2 fully saturated rings. The molecule has 1 saturated carbocycles. The van der Waals surface area contributed by atoms with Gasteiger partial charge in [0.2, 0.25) is 5.91 Å². The van der Waals surface area contributed by atoms with E-state index in [0.717, 1.165) is 19.3 Å². The van der Waals surface area contributed by atoms with E-state index in [4.69, 9.17) is 0 Å². The van der Waals surface area contributed by atoms with Gasteiger partial charge in [-0.25, -0.2) is 0 Å². The number of amides is 1. The van der Waals surface area contributed by atoms with Gasteiger partial charge in [0.25, 0.3) is 0 Å². The van der Waals surface area contributed by atoms with E-state index in [-0.39, 0.29) is 6.04 Å². The Morgan fingerprint density at radius 3 is 2.56 bits per heavy atom. The number of carbonyl (C=O) groups excluding carboxylic acids is 1. The molecule has 0 aromatic carbocycles. The number of rotatable bonds is 4. The molecular weight excluding hydrogens is 200 g/mol. The minimum Gasteiger partial charge on any atom is -0.323 e. The van der Waals surface area contributed by atoms with Crippen LogP contribution in [0.4, 0.5) is 0 Å². The SMILES string of the molecule is CCCC1NC(CC)N(C2CCCC2)C1=O. The highest BCUT2D eigenvalue weighted by Crippen LogP contribution is 2.29. The predicted octanol–water partition coefficient (Wildman–Crippen LogP) is 2.27. The minimum atomic E-state index is 0.0931. The Balaban J connectivity index is 2.05. The fraction of sp³-hybridized carbons (Fsp3) is 0.923. The maximum absolute atomic E-state index is 12.3. The van der Waals surface area contributed by atoms with Crippen molar-refractivity contribution in [2.75, 3.05) is 0 Å². The van der Waals surface area contributed by atoms with Gasteiger partial charge in [-0.15, -0.1) is 0 Å². The van der Waals surface area contributed by atoms with Crippen molar-refractivity contribution in [3.05, 3.63) is 0 Å². The highest BCUT2D eigenvalue weighted by atomic mass is 16.2. The lowest BCUT2D eigenvalue weighted by molar-refractivity contribution is -0.132. The Hall–Kier alpha value is -0.570. The van der Waals surface area contributed by atoms with E-state index in [1.165, 1.54) is 25.7 Å². The molecule has 2 aliphatic rings. The van der Waals surface area contributed by atoms with Gasteiger partial charge >= 0.3 is 0 Å². The standard InChI is InChI=1S/C13H24N2O/c1-3-7-11-13(16)15(12(4-2)14-11)10-8-5-6-9-10/h10-12,14H,3-9H2,1-2H3. The average molecular weight is 224 g/mol. The van der Waals surface area contributed by atoms with Gasteiger partial charge in [-0.2, -0.15) is 0 Å². The quantitative estimate of drug-likeness (QED) is 0.794. The summed E-state index contributed by atoms with van der Waals surface area (Å²) in [6.45, 7) is 4.31. The van der Waals surface area contributed by atoms with E-state index in [9.17, 15) is 4.79 Å². The lowest BCUT2D eigenvalue weighted by Gasteiger charge is -2.29. The topological polar surface area (TPSA) is 32.3 Å². The molecule has 1 aliphatic heterocycles. The predicted molar refractivity (Wildman–Crippen MR) is 65.0 cm³/mol. The van der Waals surface area contributed by atoms with Gasteiger partial charge in [-0.1, -0.05) is 33.1 Å². The molecule has 92 valence electrons. The first-order chi connectivity index (χ1) is 7.77. The monoisotopic (exact) mass is 224 g/mol. The molecule has 1 heterocycles. The Morgan fingerprint density at radius 2 is 2.00 bits per heavy atom. The molecule has 0 spiro atoms. The summed E-state index contributed by atoms with van der Waals surface area (Å²) >= 11 is 0. The lowest BCUT2D eigenvalue weighted by Crippen LogP contribution is -2.43. The number of nitrogens with one attached hydrogen (secondary N) is 1. The van der Waals surface area contributed by atoms with E-state index in [0.29, 0.717) is 18.1 Å². The zero-order valence-corrected chi connectivity index (χ0v) is 10.5. The van der Waals surface area contributed by atoms with Crippen LogP contribution in [-0.2, 0) is 4.79 Å². The average Bonchev–Trinajstić information content (AvgIpc) is 2.88. The summed E-state index contributed by atoms with van der Waals surface area (Å²) in [5, 5.41) is 3.49. The molecule has 1 amide bonds. The van der Waals surface area contributed by atoms with Gasteiger partial charge in [0.1, 0.15) is 0 Å². The maximum atomic E-state index is 12.3. The van der Waals surface area contributed by atoms with Crippen LogP contribution in [0.5, 0.6) is 0 Å². The van der Waals surface area contributed by atoms with Crippen molar-refractivity contribution in [3.63, 3.8) is 0 Å². The van der Waals surface area contributed by atoms with Gasteiger partial charge < -0.3 is 4.90 Å². The van der Waals surface area contributed by atoms with Gasteiger partial charge in [0, 0.05) is 6.04 Å². The normalized spacial score (nSPS) is 31.6. The second kappa shape index (κ2) is 5.17. The van der Waals surface area contributed by atoms with E-state index in [1.54, 1.807) is 0 Å². The fourth-order valence-electron chi connectivity index (χ4n) is 3.14. The van der Waals surface area contributed by atoms with Gasteiger partial charge in [-0.05, 0) is 25.7 Å². The van der Waals surface area contributed by atoms with E-state index >= 15 is 0 Å². The molecule has 0 aromatic rings. The van der Waals surface area contributed by atoms with Crippen molar-refractivity contribution in [3.8, 4) is 0 Å². The van der Waals surface area contributed by atoms with Crippen LogP contribution < -0.4 is 5.32 Å². The third-order valence-corrected chi connectivity index (χ3v) is 3.96. The number of hydrogen-bond acceptors (Lipinski definition) is 2. The highest BCUT2D eigenvalue weighted by molar-refractivity contribution is 5.84. The summed E-state index contributed by atoms with van der Waals surface area (Å²) < 4.78 is 0. The summed E-state index contributed by atoms with van der Waals surface area (Å²) in [6.07, 6.45) is 8.41. The molecule has 0 bridgehead atoms. The first kappa shape index (κ1) is 11.9. The Bertz CT molecular complexity index is 248. The van der Waals surface area contributed by atoms with Gasteiger partial charge in [0.05, 0.1) is 12.2 Å². The third kappa shape index (κ3) is 2.10. The van der Waals surface area contributed by atoms with E-state index < -0.39 is 0 Å². The molecule has 2 rings (SSSR count). The first-order valence-electron chi connectivity index (χ1n) is 6.86. The zero-order chi connectivity index (χ0) is 11.5. The molecule has 1 N–H and O–H groups in total. The van der Waals surface area contributed by atoms with Crippen molar-refractivity contribution in [2.45, 2.75) is 77.0 Å². The lowest BCUT2D eigenvalue weighted by atomic mass is 10.1. The van der Waals surface area contributed by atoms with Crippen molar-refractivity contribution < 1.29 is 4.79 Å². The molecule has 0 radical (unpaired) electrons. The van der Waals surface area contributed by atoms with Crippen LogP contribution in [0, 0.1) is 0 Å². The van der Waals surface area contributed by atoms with Crippen LogP contribution in [-0.4, -0.2) is 29.1 Å². The third-order valence-electron chi connectivity index (χ3n) is 3.96. The van der Waals surface area contributed by atoms with Crippen molar-refractivity contribution in [2.24, 2.45) is 0 Å². The van der Waals surface area contributed by atoms with Crippen LogP contribution >= 0.6 is 0 Å². The summed E-state index contributed by atoms with van der Waals surface area (Å²) in [6, 6.07) is 0.613. The molecule has 16 heavy (non-hydrogen) atoms. The molecule has 2 unspecified atom stereocenters. The number of hydrogen-bond donors (Lipinski definition) is 1. The maximum Gasteiger partial charge on any atom is 0.241 e. The second-order valence-electron chi connectivity index (χ2n) is 5.12. The number of carbonyl (C=O) groups is 1. The van der Waals surface area contributed by atoms with E-state index in [2.05, 4.69) is 24.1 Å². The van der Waals surface area contributed by atoms with Crippen LogP contribution in [0.3, 0.4) is 0 Å². The molecule has 2 atom stereocenters. The van der Waals surface area contributed by atoms with Gasteiger partial charge in [-0.3, -0.25) is 10.1 Å². The molecule has 1 aliphatic carbocycles. The highest BCUT2D eigenvalue weighted by Gasteiger charge is 2.41. The second-order valence-corrected chi connectivity index (χ2v) is 5.12. The van der Waals surface area contributed by atoms with Crippen molar-refractivity contribution >= 4 is 5.91 Å². The molecule has 3 heteroatoms. The van der Waals surface area contributed by atoms with E-state index in [1.807, 2.05) is 0 Å². The summed E-state index contributed by atoms with van der Waals surface area (Å²) in [5.74, 6) is 0.362. The van der Waals surface area contributed by atoms with Crippen molar-refractivity contribution in [1.29, 1.82) is 0 Å². The van der Waals surface area contributed by atoms with Crippen LogP contribution in [0.1, 0.15) is 58.8 Å². The minimum absolute atomic E-state index is 0.0931. The first-order valence-corrected chi connectivity index (χ1v) is 6.86. The van der Waals surface area contributed by atoms with Crippen LogP contribution in [0.2, 0.25) is 0 Å². The van der Waals surface area contributed by atoms with Gasteiger partial charge in [0.15, 0.2) is 0 Å². The molecule has 1 saturated heterocycles. The fourth-order valence-corrected chi connectivity index (χ4v) is 3.14. The molecular formula is C13H24N2O. The Labute approximate surface area is 98.6 Å². The van der Waals surface area contributed by atoms with Crippen LogP contribution in [0.15, 0.2) is 0 Å². The molecule has 0 aromatic heterocycles. The number of nitrogens with zero attached hydrogens (tertiary/aromatic N) is 1. The Kier molecular flexibility index (Phi) is 3.85. The van der Waals surface area contributed by atoms with Crippen LogP contribution in [0.25, 0.3) is 0 Å². The Morgan fingerprint density at radius 1 is 1.31 bits per heavy atom. The largest absolute Gasteiger partial charge is 0.323 e. The summed E-state index contributed by atoms with van der Waals surface area (Å²) in [7, 11) is 0. The summed E-state index contributed by atoms with van der Waals surface area (Å²) in [5.41, 5.74) is 0. The van der Waals surface area contributed by atoms with Crippen molar-refractivity contribution in [1.82, 2.24) is 10.2 Å². The summed E-state index contributed by atoms with van der Waals surface area (Å²) in [4.78, 5) is 14.5. The molecule has 3 nitrogen and oxygen atoms in total. The smallest absolute Gasteiger partial charge is 0.241 e.